The zero-order valence-electron chi connectivity index (χ0n) is 58.0. The molecule has 0 N–H and O–H groups in total. The van der Waals surface area contributed by atoms with E-state index in [0.29, 0.717) is 0 Å². The van der Waals surface area contributed by atoms with Gasteiger partial charge in [0.15, 0.2) is 0 Å². The third-order valence-corrected chi connectivity index (χ3v) is 24.8. The maximum atomic E-state index is 3.59. The minimum atomic E-state index is 1.01. The number of nitrogens with zero attached hydrogens (tertiary/aromatic N) is 1. The van der Waals surface area contributed by atoms with Gasteiger partial charge >= 0.3 is 0 Å². The molecule has 1 aromatic heterocycles. The van der Waals surface area contributed by atoms with Crippen molar-refractivity contribution in [3.05, 3.63) is 367 Å². The quantitative estimate of drug-likeness (QED) is 0.155. The number of hydrogen-bond donors (Lipinski definition) is 0. The molecule has 0 saturated carbocycles. The van der Waals surface area contributed by atoms with Crippen LogP contribution in [0, 0.1) is 0 Å². The van der Waals surface area contributed by atoms with E-state index in [-0.39, 0.29) is 0 Å². The third kappa shape index (κ3) is 8.23. The Balaban J connectivity index is 0.000000105. The van der Waals surface area contributed by atoms with Gasteiger partial charge in [-0.05, 0) is 252 Å². The smallest absolute Gasteiger partial charge is 0.0626 e. The highest BCUT2D eigenvalue weighted by atomic mass is 79.9. The molecule has 492 valence electrons. The summed E-state index contributed by atoms with van der Waals surface area (Å²) in [6.45, 7) is 0. The Morgan fingerprint density at radius 1 is 0.187 bits per heavy atom. The van der Waals surface area contributed by atoms with Crippen LogP contribution in [0.15, 0.2) is 356 Å². The molecule has 2 heteroatoms. The molecule has 107 heavy (non-hydrogen) atoms. The predicted molar refractivity (Wildman–Crippen MR) is 458 cm³/mol. The average molecular weight is 1420 g/mol. The second-order valence-corrected chi connectivity index (χ2v) is 30.4. The van der Waals surface area contributed by atoms with Crippen LogP contribution in [0.3, 0.4) is 0 Å². The Morgan fingerprint density at radius 3 is 1.08 bits per heavy atom. The molecule has 0 atom stereocenters. The van der Waals surface area contributed by atoms with Gasteiger partial charge in [0.1, 0.15) is 0 Å². The topological polar surface area (TPSA) is 4.93 Å². The summed E-state index contributed by atoms with van der Waals surface area (Å²) in [4.78, 5) is 0. The fourth-order valence-corrected chi connectivity index (χ4v) is 20.5. The average Bonchev–Trinajstić information content (AvgIpc) is 1.53. The summed E-state index contributed by atoms with van der Waals surface area (Å²) in [6, 6.07) is 130. The van der Waals surface area contributed by atoms with E-state index in [4.69, 9.17) is 0 Å². The minimum Gasteiger partial charge on any atom is -0.308 e. The number of benzene rings is 20. The van der Waals surface area contributed by atoms with E-state index in [1.807, 2.05) is 0 Å². The molecule has 0 bridgehead atoms. The maximum absolute atomic E-state index is 3.59. The summed E-state index contributed by atoms with van der Waals surface area (Å²) in [5, 5.41) is 24.1. The number of fused-ring (bicyclic) bond motifs is 30. The van der Waals surface area contributed by atoms with Gasteiger partial charge in [0.2, 0.25) is 0 Å². The Bertz CT molecular complexity index is 7550. The number of hydrogen-bond acceptors (Lipinski definition) is 0. The van der Waals surface area contributed by atoms with Crippen LogP contribution in [0.25, 0.3) is 236 Å². The number of rotatable bonds is 3. The zero-order valence-corrected chi connectivity index (χ0v) is 59.6. The van der Waals surface area contributed by atoms with Crippen LogP contribution in [0.1, 0.15) is 11.1 Å². The van der Waals surface area contributed by atoms with E-state index in [1.165, 1.54) is 247 Å². The standard InChI is InChI=1S/C52H29N.C31H18.C22H13Br/c1-2-15-34-33(14-1)40-23-10-22-39-32(26-27-43(34)48(39)40)30-12-9-13-31(28-30)53-51-45-25-11-24-41-36-17-3-4-19-38(36)46(49(41)45)29-47(51)50-42-20-7-5-16-35(42)37-18-6-8-21-44(37)52(50)53;1-3-11-21-18(8-1)19-9-5-6-13-23(19)31-27(21)16-26-25-15-7-14-24-20-10-2-4-12-22(20)28(30(24)25)17-29(26)31;23-15-6-3-5-14(13-15)16-11-12-21-18-8-2-1-7-17(18)20-10-4-9-19(16)22(20)21/h1-29H;1-15,17H,16H2;1-13H. The highest BCUT2D eigenvalue weighted by Crippen LogP contribution is 2.58. The first-order valence-electron chi connectivity index (χ1n) is 37.3. The van der Waals surface area contributed by atoms with Crippen molar-refractivity contribution in [2.45, 2.75) is 6.42 Å². The van der Waals surface area contributed by atoms with Gasteiger partial charge in [0.05, 0.1) is 11.0 Å². The molecule has 1 nitrogen and oxygen atoms in total. The van der Waals surface area contributed by atoms with Crippen molar-refractivity contribution in [1.82, 2.24) is 4.57 Å². The molecule has 5 aliphatic rings. The van der Waals surface area contributed by atoms with Gasteiger partial charge in [-0.25, -0.2) is 0 Å². The summed E-state index contributed by atoms with van der Waals surface area (Å²) in [5.41, 5.74) is 36.1. The Labute approximate surface area is 625 Å². The number of halogens is 1. The van der Waals surface area contributed by atoms with Gasteiger partial charge in [0.25, 0.3) is 0 Å². The fourth-order valence-electron chi connectivity index (χ4n) is 20.1. The third-order valence-electron chi connectivity index (χ3n) is 24.4. The monoisotopic (exact) mass is 1410 g/mol. The highest BCUT2D eigenvalue weighted by molar-refractivity contribution is 9.10. The molecule has 0 saturated heterocycles. The van der Waals surface area contributed by atoms with Crippen LogP contribution in [-0.2, 0) is 6.42 Å². The molecule has 21 aromatic rings. The molecular weight excluding hydrogens is 1360 g/mol. The van der Waals surface area contributed by atoms with Crippen LogP contribution in [0.4, 0.5) is 0 Å². The summed E-state index contributed by atoms with van der Waals surface area (Å²) < 4.78 is 3.70. The lowest BCUT2D eigenvalue weighted by Gasteiger charge is -2.15. The Kier molecular flexibility index (Phi) is 12.4. The van der Waals surface area contributed by atoms with Gasteiger partial charge in [-0.3, -0.25) is 0 Å². The minimum absolute atomic E-state index is 1.01. The lowest BCUT2D eigenvalue weighted by Crippen LogP contribution is -1.96. The predicted octanol–water partition coefficient (Wildman–Crippen LogP) is 29.6. The molecule has 26 rings (SSSR count). The van der Waals surface area contributed by atoms with Gasteiger partial charge in [-0.2, -0.15) is 0 Å². The van der Waals surface area contributed by atoms with E-state index in [9.17, 15) is 0 Å². The van der Waals surface area contributed by atoms with Gasteiger partial charge in [0, 0.05) is 31.7 Å². The molecule has 0 unspecified atom stereocenters. The fraction of sp³-hybridized carbons (Fsp3) is 0.00952. The van der Waals surface area contributed by atoms with E-state index < -0.39 is 0 Å². The highest BCUT2D eigenvalue weighted by Gasteiger charge is 2.33. The first-order valence-corrected chi connectivity index (χ1v) is 38.1. The molecule has 0 aliphatic heterocycles. The molecule has 20 aromatic carbocycles. The molecule has 5 aliphatic carbocycles. The van der Waals surface area contributed by atoms with Gasteiger partial charge in [-0.1, -0.05) is 331 Å². The Morgan fingerprint density at radius 2 is 0.542 bits per heavy atom. The first kappa shape index (κ1) is 59.2. The van der Waals surface area contributed by atoms with Crippen molar-refractivity contribution in [3.63, 3.8) is 0 Å². The second kappa shape index (κ2) is 22.4. The van der Waals surface area contributed by atoms with Gasteiger partial charge < -0.3 is 4.57 Å². The lowest BCUT2D eigenvalue weighted by molar-refractivity contribution is 1.19. The molecule has 1 heterocycles. The molecule has 0 radical (unpaired) electrons. The van der Waals surface area contributed by atoms with Crippen molar-refractivity contribution in [2.75, 3.05) is 0 Å². The lowest BCUT2D eigenvalue weighted by atomic mass is 9.90. The van der Waals surface area contributed by atoms with Gasteiger partial charge in [-0.15, -0.1) is 0 Å². The summed E-state index contributed by atoms with van der Waals surface area (Å²) >= 11 is 3.59. The van der Waals surface area contributed by atoms with Crippen LogP contribution in [0.5, 0.6) is 0 Å². The van der Waals surface area contributed by atoms with Crippen LogP contribution >= 0.6 is 15.9 Å². The molecule has 0 fully saturated rings. The SMILES string of the molecule is Brc1cccc(-c2ccc3c4c(cccc24)-c2ccccc2-3)c1.c1cc(-c2ccc3c4c(cccc24)-c2ccccc2-3)cc(-n2c3c4cccc5c4c(cc3c3c4ccccc4c4ccccc4c32)-c2ccccc2-5)c1.c1ccc2c(c1)-c1cccc3c4c(cc-2c13)-c1c(c2ccccc2c2ccccc12)C4. The summed E-state index contributed by atoms with van der Waals surface area (Å²) in [5.74, 6) is 0. The van der Waals surface area contributed by atoms with Crippen molar-refractivity contribution in [1.29, 1.82) is 0 Å². The largest absolute Gasteiger partial charge is 0.308 e. The van der Waals surface area contributed by atoms with E-state index in [1.54, 1.807) is 0 Å². The van der Waals surface area contributed by atoms with E-state index in [2.05, 4.69) is 372 Å². The Hall–Kier alpha value is -13.2. The van der Waals surface area contributed by atoms with Crippen LogP contribution in [-0.4, -0.2) is 4.57 Å². The normalized spacial score (nSPS) is 12.5. The van der Waals surface area contributed by atoms with Crippen molar-refractivity contribution >= 4 is 124 Å². The van der Waals surface area contributed by atoms with Crippen LogP contribution < -0.4 is 0 Å². The summed E-state index contributed by atoms with van der Waals surface area (Å²) in [6.07, 6.45) is 1.01. The van der Waals surface area contributed by atoms with E-state index in [0.717, 1.165) is 10.9 Å². The van der Waals surface area contributed by atoms with Crippen molar-refractivity contribution in [3.8, 4) is 128 Å². The van der Waals surface area contributed by atoms with E-state index >= 15 is 0 Å². The molecule has 0 spiro atoms. The maximum Gasteiger partial charge on any atom is 0.0626 e. The molecular formula is C105H60BrN. The second-order valence-electron chi connectivity index (χ2n) is 29.5. The zero-order chi connectivity index (χ0) is 69.9. The first-order chi connectivity index (χ1) is 53.1. The van der Waals surface area contributed by atoms with Crippen LogP contribution in [0.2, 0.25) is 0 Å². The number of aromatic nitrogens is 1. The van der Waals surface area contributed by atoms with Crippen molar-refractivity contribution < 1.29 is 0 Å². The summed E-state index contributed by atoms with van der Waals surface area (Å²) in [7, 11) is 0. The van der Waals surface area contributed by atoms with Crippen molar-refractivity contribution in [2.24, 2.45) is 0 Å². The molecule has 0 amide bonds.